The summed E-state index contributed by atoms with van der Waals surface area (Å²) in [5.41, 5.74) is -0.299. The first kappa shape index (κ1) is 16.5. The van der Waals surface area contributed by atoms with Crippen LogP contribution < -0.4 is 4.74 Å². The molecule has 0 aliphatic heterocycles. The molecule has 0 radical (unpaired) electrons. The van der Waals surface area contributed by atoms with E-state index >= 15 is 0 Å². The second kappa shape index (κ2) is 6.96. The molecule has 7 heteroatoms. The Labute approximate surface area is 136 Å². The normalized spacial score (nSPS) is 17.5. The van der Waals surface area contributed by atoms with Gasteiger partial charge in [0.05, 0.1) is 16.0 Å². The first-order chi connectivity index (χ1) is 9.97. The molecule has 0 heterocycles. The number of rotatable bonds is 5. The Morgan fingerprint density at radius 2 is 2.05 bits per heavy atom. The zero-order valence-electron chi connectivity index (χ0n) is 11.5. The van der Waals surface area contributed by atoms with Crippen LogP contribution in [0, 0.1) is 21.3 Å². The second-order valence-corrected chi connectivity index (χ2v) is 6.67. The Hall–Kier alpha value is -0.820. The number of nitrogens with zero attached hydrogens (tertiary/aromatic N) is 1. The van der Waals surface area contributed by atoms with E-state index in [-0.39, 0.29) is 21.3 Å². The number of halogens is 2. The molecule has 0 spiro atoms. The molecule has 1 saturated carbocycles. The molecule has 1 fully saturated rings. The Morgan fingerprint density at radius 3 is 2.62 bits per heavy atom. The van der Waals surface area contributed by atoms with E-state index in [9.17, 15) is 14.5 Å². The minimum atomic E-state index is -0.570. The maximum Gasteiger partial charge on any atom is 0.312 e. The molecule has 21 heavy (non-hydrogen) atoms. The molecule has 116 valence electrons. The average Bonchev–Trinajstić information content (AvgIpc) is 2.48. The molecule has 0 amide bonds. The van der Waals surface area contributed by atoms with Crippen molar-refractivity contribution in [2.45, 2.75) is 32.1 Å². The molecule has 4 nitrogen and oxygen atoms in total. The molecule has 0 atom stereocenters. The first-order valence-electron chi connectivity index (χ1n) is 6.84. The zero-order chi connectivity index (χ0) is 15.5. The molecule has 0 aromatic heterocycles. The summed E-state index contributed by atoms with van der Waals surface area (Å²) < 4.78 is 19.3. The second-order valence-electron chi connectivity index (χ2n) is 5.50. The Bertz CT molecular complexity index is 535. The third-order valence-corrected chi connectivity index (χ3v) is 5.26. The highest BCUT2D eigenvalue weighted by molar-refractivity contribution is 9.10. The summed E-state index contributed by atoms with van der Waals surface area (Å²) in [6.45, 7) is 0.332. The van der Waals surface area contributed by atoms with Crippen molar-refractivity contribution in [3.8, 4) is 5.75 Å². The van der Waals surface area contributed by atoms with Gasteiger partial charge in [0, 0.05) is 17.5 Å². The maximum atomic E-state index is 13.6. The molecular weight excluding hydrogens is 361 g/mol. The highest BCUT2D eigenvalue weighted by atomic mass is 79.9. The highest BCUT2D eigenvalue weighted by Crippen LogP contribution is 2.39. The van der Waals surface area contributed by atoms with Crippen LogP contribution in [0.1, 0.15) is 32.1 Å². The van der Waals surface area contributed by atoms with Gasteiger partial charge in [-0.15, -0.1) is 0 Å². The fraction of sp³-hybridized carbons (Fsp3) is 0.571. The average molecular weight is 378 g/mol. The Balaban J connectivity index is 2.18. The summed E-state index contributed by atoms with van der Waals surface area (Å²) in [5.74, 6) is 0.0754. The highest BCUT2D eigenvalue weighted by Gasteiger charge is 2.32. The van der Waals surface area contributed by atoms with Crippen molar-refractivity contribution in [2.24, 2.45) is 5.41 Å². The van der Waals surface area contributed by atoms with Crippen LogP contribution in [0.15, 0.2) is 16.6 Å². The van der Waals surface area contributed by atoms with Crippen LogP contribution in [-0.4, -0.2) is 17.3 Å². The van der Waals surface area contributed by atoms with Crippen LogP contribution >= 0.6 is 28.6 Å². The number of ether oxygens (including phenoxy) is 1. The number of hydrogen-bond donors (Lipinski definition) is 1. The van der Waals surface area contributed by atoms with Crippen molar-refractivity contribution in [1.29, 1.82) is 0 Å². The SMILES string of the molecule is O=[N+]([O-])c1cc(Br)c(F)cc1OCC1(CS)CCCCC1. The molecule has 0 unspecified atom stereocenters. The van der Waals surface area contributed by atoms with E-state index in [1.165, 1.54) is 6.42 Å². The van der Waals surface area contributed by atoms with Crippen molar-refractivity contribution < 1.29 is 14.1 Å². The molecule has 0 N–H and O–H groups in total. The van der Waals surface area contributed by atoms with E-state index in [0.717, 1.165) is 37.8 Å². The monoisotopic (exact) mass is 377 g/mol. The predicted molar refractivity (Wildman–Crippen MR) is 85.6 cm³/mol. The molecule has 1 aromatic rings. The number of nitro groups is 1. The van der Waals surface area contributed by atoms with Gasteiger partial charge in [0.25, 0.3) is 0 Å². The lowest BCUT2D eigenvalue weighted by Crippen LogP contribution is -2.33. The lowest BCUT2D eigenvalue weighted by molar-refractivity contribution is -0.386. The van der Waals surface area contributed by atoms with Gasteiger partial charge in [-0.2, -0.15) is 12.6 Å². The van der Waals surface area contributed by atoms with E-state index in [1.807, 2.05) is 0 Å². The molecule has 1 aliphatic rings. The van der Waals surface area contributed by atoms with Crippen molar-refractivity contribution in [3.05, 3.63) is 32.5 Å². The Morgan fingerprint density at radius 1 is 1.38 bits per heavy atom. The lowest BCUT2D eigenvalue weighted by Gasteiger charge is -2.35. The quantitative estimate of drug-likeness (QED) is 0.457. The number of thiol groups is 1. The first-order valence-corrected chi connectivity index (χ1v) is 8.27. The summed E-state index contributed by atoms with van der Waals surface area (Å²) in [6, 6.07) is 2.20. The van der Waals surface area contributed by atoms with Gasteiger partial charge in [-0.1, -0.05) is 19.3 Å². The fourth-order valence-corrected chi connectivity index (χ4v) is 3.40. The van der Waals surface area contributed by atoms with Crippen LogP contribution in [0.4, 0.5) is 10.1 Å². The Kier molecular flexibility index (Phi) is 5.48. The summed E-state index contributed by atoms with van der Waals surface area (Å²) in [5, 5.41) is 11.1. The topological polar surface area (TPSA) is 52.4 Å². The van der Waals surface area contributed by atoms with Crippen LogP contribution in [-0.2, 0) is 0 Å². The van der Waals surface area contributed by atoms with Crippen LogP contribution in [0.25, 0.3) is 0 Å². The van der Waals surface area contributed by atoms with Gasteiger partial charge in [0.15, 0.2) is 5.75 Å². The molecule has 1 aromatic carbocycles. The van der Waals surface area contributed by atoms with Gasteiger partial charge < -0.3 is 4.74 Å². The number of benzene rings is 1. The molecule has 0 saturated heterocycles. The third kappa shape index (κ3) is 3.88. The van der Waals surface area contributed by atoms with Crippen molar-refractivity contribution in [1.82, 2.24) is 0 Å². The minimum absolute atomic E-state index is 0.0209. The largest absolute Gasteiger partial charge is 0.486 e. The fourth-order valence-electron chi connectivity index (χ4n) is 2.66. The molecular formula is C14H17BrFNO3S. The lowest BCUT2D eigenvalue weighted by atomic mass is 9.76. The van der Waals surface area contributed by atoms with E-state index in [4.69, 9.17) is 4.74 Å². The van der Waals surface area contributed by atoms with E-state index in [1.54, 1.807) is 0 Å². The van der Waals surface area contributed by atoms with E-state index in [0.29, 0.717) is 12.4 Å². The van der Waals surface area contributed by atoms with Gasteiger partial charge >= 0.3 is 5.69 Å². The predicted octanol–water partition coefficient (Wildman–Crippen LogP) is 4.76. The van der Waals surface area contributed by atoms with Gasteiger partial charge in [-0.3, -0.25) is 10.1 Å². The van der Waals surface area contributed by atoms with E-state index in [2.05, 4.69) is 28.6 Å². The van der Waals surface area contributed by atoms with Crippen molar-refractivity contribution in [2.75, 3.05) is 12.4 Å². The van der Waals surface area contributed by atoms with Gasteiger partial charge in [0.1, 0.15) is 5.82 Å². The van der Waals surface area contributed by atoms with Gasteiger partial charge in [0.2, 0.25) is 0 Å². The summed E-state index contributed by atoms with van der Waals surface area (Å²) >= 11 is 7.36. The minimum Gasteiger partial charge on any atom is -0.486 e. The van der Waals surface area contributed by atoms with Crippen LogP contribution in [0.2, 0.25) is 0 Å². The van der Waals surface area contributed by atoms with Crippen LogP contribution in [0.3, 0.4) is 0 Å². The summed E-state index contributed by atoms with van der Waals surface area (Å²) in [7, 11) is 0. The van der Waals surface area contributed by atoms with Crippen molar-refractivity contribution in [3.63, 3.8) is 0 Å². The number of nitro benzene ring substituents is 1. The van der Waals surface area contributed by atoms with Crippen LogP contribution in [0.5, 0.6) is 5.75 Å². The molecule has 2 rings (SSSR count). The van der Waals surface area contributed by atoms with Crippen molar-refractivity contribution >= 4 is 34.2 Å². The molecule has 0 bridgehead atoms. The summed E-state index contributed by atoms with van der Waals surface area (Å²) in [4.78, 5) is 10.5. The zero-order valence-corrected chi connectivity index (χ0v) is 14.0. The van der Waals surface area contributed by atoms with Gasteiger partial charge in [-0.05, 0) is 34.5 Å². The summed E-state index contributed by atoms with van der Waals surface area (Å²) in [6.07, 6.45) is 5.40. The standard InChI is InChI=1S/C14H17BrFNO3S/c15-10-6-12(17(18)19)13(7-11(10)16)20-8-14(9-21)4-2-1-3-5-14/h6-7,21H,1-5,8-9H2. The smallest absolute Gasteiger partial charge is 0.312 e. The van der Waals surface area contributed by atoms with E-state index < -0.39 is 10.7 Å². The third-order valence-electron chi connectivity index (χ3n) is 3.98. The van der Waals surface area contributed by atoms with Gasteiger partial charge in [-0.25, -0.2) is 4.39 Å². The maximum absolute atomic E-state index is 13.6. The number of hydrogen-bond acceptors (Lipinski definition) is 4. The molecule has 1 aliphatic carbocycles.